The van der Waals surface area contributed by atoms with E-state index in [1.807, 2.05) is 0 Å². The summed E-state index contributed by atoms with van der Waals surface area (Å²) >= 11 is 0. The van der Waals surface area contributed by atoms with E-state index in [0.717, 1.165) is 19.3 Å². The Hall–Kier alpha value is -2.18. The second kappa shape index (κ2) is 8.27. The van der Waals surface area contributed by atoms with E-state index in [4.69, 9.17) is 19.3 Å². The van der Waals surface area contributed by atoms with Gasteiger partial charge in [-0.15, -0.1) is 0 Å². The first-order valence-electron chi connectivity index (χ1n) is 8.19. The number of aliphatic hydroxyl groups excluding tert-OH is 1. The predicted molar refractivity (Wildman–Crippen MR) is 87.9 cm³/mol. The van der Waals surface area contributed by atoms with Crippen molar-refractivity contribution in [3.63, 3.8) is 0 Å². The monoisotopic (exact) mass is 348 g/mol. The molecular formula is C17H20N2O6. The van der Waals surface area contributed by atoms with Gasteiger partial charge in [0.25, 0.3) is 5.56 Å². The molecule has 0 aliphatic carbocycles. The highest BCUT2D eigenvalue weighted by atomic mass is 16.7. The first kappa shape index (κ1) is 17.6. The average Bonchev–Trinajstić information content (AvgIpc) is 3.10. The smallest absolute Gasteiger partial charge is 0.330 e. The molecule has 1 aromatic heterocycles. The molecule has 1 saturated heterocycles. The molecule has 2 aliphatic rings. The summed E-state index contributed by atoms with van der Waals surface area (Å²) in [4.78, 5) is 26.1. The number of aromatic amines is 1. The van der Waals surface area contributed by atoms with Crippen LogP contribution in [0.4, 0.5) is 0 Å². The molecule has 134 valence electrons. The van der Waals surface area contributed by atoms with Crippen molar-refractivity contribution in [2.45, 2.75) is 37.9 Å². The van der Waals surface area contributed by atoms with Crippen LogP contribution in [-0.4, -0.2) is 46.9 Å². The Morgan fingerprint density at radius 3 is 2.96 bits per heavy atom. The number of hydrogen-bond acceptors (Lipinski definition) is 6. The van der Waals surface area contributed by atoms with Crippen LogP contribution in [0.2, 0.25) is 0 Å². The summed E-state index contributed by atoms with van der Waals surface area (Å²) in [6, 6.07) is 0. The van der Waals surface area contributed by atoms with Crippen molar-refractivity contribution >= 4 is 0 Å². The molecule has 25 heavy (non-hydrogen) atoms. The number of rotatable bonds is 4. The Morgan fingerprint density at radius 1 is 1.36 bits per heavy atom. The van der Waals surface area contributed by atoms with Crippen LogP contribution in [-0.2, 0) is 14.2 Å². The van der Waals surface area contributed by atoms with Crippen LogP contribution in [0, 0.1) is 11.8 Å². The van der Waals surface area contributed by atoms with Gasteiger partial charge in [0.15, 0.2) is 12.5 Å². The summed E-state index contributed by atoms with van der Waals surface area (Å²) in [6.45, 7) is 0.639. The molecule has 8 heteroatoms. The van der Waals surface area contributed by atoms with Gasteiger partial charge >= 0.3 is 5.69 Å². The summed E-state index contributed by atoms with van der Waals surface area (Å²) in [5, 5.41) is 9.08. The van der Waals surface area contributed by atoms with Gasteiger partial charge in [0.1, 0.15) is 18.3 Å². The number of hydrogen-bond donors (Lipinski definition) is 2. The van der Waals surface area contributed by atoms with E-state index in [9.17, 15) is 9.59 Å². The van der Waals surface area contributed by atoms with Gasteiger partial charge in [-0.05, 0) is 25.3 Å². The molecule has 2 N–H and O–H groups in total. The molecule has 0 bridgehead atoms. The van der Waals surface area contributed by atoms with Gasteiger partial charge in [-0.1, -0.05) is 17.9 Å². The fourth-order valence-electron chi connectivity index (χ4n) is 2.62. The van der Waals surface area contributed by atoms with Crippen LogP contribution >= 0.6 is 0 Å². The lowest BCUT2D eigenvalue weighted by Crippen LogP contribution is -2.33. The molecular weight excluding hydrogens is 328 g/mol. The summed E-state index contributed by atoms with van der Waals surface area (Å²) in [5.41, 5.74) is -1.03. The van der Waals surface area contributed by atoms with Crippen LogP contribution in [0.1, 0.15) is 31.1 Å². The topological polar surface area (TPSA) is 103 Å². The summed E-state index contributed by atoms with van der Waals surface area (Å²) in [7, 11) is 0. The normalized spacial score (nSPS) is 25.6. The van der Waals surface area contributed by atoms with E-state index in [1.54, 1.807) is 12.2 Å². The minimum Gasteiger partial charge on any atom is -0.393 e. The second-order valence-corrected chi connectivity index (χ2v) is 5.75. The maximum atomic E-state index is 12.0. The Morgan fingerprint density at radius 2 is 2.24 bits per heavy atom. The molecule has 0 aromatic carbocycles. The first-order chi connectivity index (χ1) is 12.2. The average molecular weight is 348 g/mol. The molecule has 3 rings (SSSR count). The summed E-state index contributed by atoms with van der Waals surface area (Å²) < 4.78 is 17.6. The quantitative estimate of drug-likeness (QED) is 0.581. The maximum absolute atomic E-state index is 12.0. The van der Waals surface area contributed by atoms with Crippen molar-refractivity contribution in [2.75, 3.05) is 19.8 Å². The van der Waals surface area contributed by atoms with Gasteiger partial charge < -0.3 is 19.3 Å². The van der Waals surface area contributed by atoms with Crippen molar-refractivity contribution in [3.8, 4) is 11.8 Å². The number of H-pyrrole nitrogens is 1. The SMILES string of the molecule is O=c1[nH]c(=O)n([C@H]2C=C[C@@H](CO)O2)cc1C#CCOC1CCCCO1. The Bertz CT molecular complexity index is 794. The highest BCUT2D eigenvalue weighted by Crippen LogP contribution is 2.18. The molecule has 0 saturated carbocycles. The third kappa shape index (κ3) is 4.46. The van der Waals surface area contributed by atoms with Crippen LogP contribution in [0.25, 0.3) is 0 Å². The lowest BCUT2D eigenvalue weighted by atomic mass is 10.2. The van der Waals surface area contributed by atoms with E-state index < -0.39 is 23.6 Å². The minimum atomic E-state index is -0.686. The van der Waals surface area contributed by atoms with Crippen molar-refractivity contribution < 1.29 is 19.3 Å². The molecule has 1 fully saturated rings. The lowest BCUT2D eigenvalue weighted by molar-refractivity contribution is -0.154. The van der Waals surface area contributed by atoms with Crippen molar-refractivity contribution in [1.29, 1.82) is 0 Å². The Labute approximate surface area is 144 Å². The second-order valence-electron chi connectivity index (χ2n) is 5.75. The van der Waals surface area contributed by atoms with Gasteiger partial charge in [-0.2, -0.15) is 0 Å². The molecule has 0 radical (unpaired) electrons. The summed E-state index contributed by atoms with van der Waals surface area (Å²) in [5.74, 6) is 5.47. The molecule has 0 amide bonds. The van der Waals surface area contributed by atoms with Crippen LogP contribution in [0.15, 0.2) is 27.9 Å². The Balaban J connectivity index is 1.68. The van der Waals surface area contributed by atoms with Crippen LogP contribution in [0.5, 0.6) is 0 Å². The molecule has 3 atom stereocenters. The number of nitrogens with zero attached hydrogens (tertiary/aromatic N) is 1. The van der Waals surface area contributed by atoms with E-state index in [1.165, 1.54) is 10.8 Å². The zero-order valence-corrected chi connectivity index (χ0v) is 13.6. The number of aliphatic hydroxyl groups is 1. The number of nitrogens with one attached hydrogen (secondary N) is 1. The number of aromatic nitrogens is 2. The number of ether oxygens (including phenoxy) is 3. The highest BCUT2D eigenvalue weighted by Gasteiger charge is 2.21. The zero-order valence-electron chi connectivity index (χ0n) is 13.6. The third-order valence-corrected chi connectivity index (χ3v) is 3.93. The minimum absolute atomic E-state index is 0.135. The van der Waals surface area contributed by atoms with E-state index in [0.29, 0.717) is 6.61 Å². The molecule has 3 heterocycles. The van der Waals surface area contributed by atoms with Crippen molar-refractivity contribution in [2.24, 2.45) is 0 Å². The Kier molecular flexibility index (Phi) is 5.83. The largest absolute Gasteiger partial charge is 0.393 e. The van der Waals surface area contributed by atoms with E-state index in [2.05, 4.69) is 16.8 Å². The van der Waals surface area contributed by atoms with Crippen molar-refractivity contribution in [3.05, 3.63) is 44.8 Å². The maximum Gasteiger partial charge on any atom is 0.330 e. The fraction of sp³-hybridized carbons (Fsp3) is 0.529. The zero-order chi connectivity index (χ0) is 17.6. The standard InChI is InChI=1S/C17H20N2O6/c20-11-13-6-7-14(25-13)19-10-12(16(21)18-17(19)22)4-3-9-24-15-5-1-2-8-23-15/h6-7,10,13-15,20H,1-2,5,8-9,11H2,(H,18,21,22)/t13-,14+,15?/m0/s1. The van der Waals surface area contributed by atoms with Gasteiger partial charge in [-0.25, -0.2) is 4.79 Å². The lowest BCUT2D eigenvalue weighted by Gasteiger charge is -2.21. The predicted octanol–water partition coefficient (Wildman–Crippen LogP) is -0.123. The first-order valence-corrected chi connectivity index (χ1v) is 8.19. The molecule has 1 aromatic rings. The van der Waals surface area contributed by atoms with Gasteiger partial charge in [0.2, 0.25) is 0 Å². The van der Waals surface area contributed by atoms with E-state index in [-0.39, 0.29) is 25.1 Å². The van der Waals surface area contributed by atoms with E-state index >= 15 is 0 Å². The highest BCUT2D eigenvalue weighted by molar-refractivity contribution is 5.30. The fourth-order valence-corrected chi connectivity index (χ4v) is 2.62. The molecule has 0 spiro atoms. The van der Waals surface area contributed by atoms with Crippen LogP contribution < -0.4 is 11.2 Å². The van der Waals surface area contributed by atoms with Gasteiger partial charge in [0, 0.05) is 12.8 Å². The molecule has 8 nitrogen and oxygen atoms in total. The van der Waals surface area contributed by atoms with Crippen molar-refractivity contribution in [1.82, 2.24) is 9.55 Å². The van der Waals surface area contributed by atoms with Gasteiger partial charge in [0.05, 0.1) is 6.61 Å². The summed E-state index contributed by atoms with van der Waals surface area (Å²) in [6.07, 6.45) is 6.18. The molecule has 1 unspecified atom stereocenters. The molecule has 2 aliphatic heterocycles. The van der Waals surface area contributed by atoms with Crippen LogP contribution in [0.3, 0.4) is 0 Å². The van der Waals surface area contributed by atoms with Gasteiger partial charge in [-0.3, -0.25) is 14.3 Å². The third-order valence-electron chi connectivity index (χ3n) is 3.93.